The van der Waals surface area contributed by atoms with Crippen molar-refractivity contribution in [2.45, 2.75) is 20.3 Å². The summed E-state index contributed by atoms with van der Waals surface area (Å²) in [5, 5.41) is 7.50. The summed E-state index contributed by atoms with van der Waals surface area (Å²) in [7, 11) is 0. The maximum atomic E-state index is 7.50. The van der Waals surface area contributed by atoms with Crippen molar-refractivity contribution in [3.05, 3.63) is 23.3 Å². The van der Waals surface area contributed by atoms with E-state index in [-0.39, 0.29) is 18.2 Å². The van der Waals surface area contributed by atoms with Crippen molar-refractivity contribution in [3.63, 3.8) is 0 Å². The summed E-state index contributed by atoms with van der Waals surface area (Å²) in [6, 6.07) is 3.65. The largest absolute Gasteiger partial charge is 0.397 e. The Morgan fingerprint density at radius 2 is 1.88 bits per heavy atom. The fourth-order valence-corrected chi connectivity index (χ4v) is 1.61. The first-order chi connectivity index (χ1) is 6.93. The molecule has 0 radical (unpaired) electrons. The summed E-state index contributed by atoms with van der Waals surface area (Å²) >= 11 is 0. The van der Waals surface area contributed by atoms with Gasteiger partial charge in [0, 0.05) is 5.56 Å². The van der Waals surface area contributed by atoms with E-state index in [0.29, 0.717) is 22.9 Å². The minimum absolute atomic E-state index is 0. The molecule has 0 spiro atoms. The van der Waals surface area contributed by atoms with E-state index in [2.05, 4.69) is 13.8 Å². The lowest BCUT2D eigenvalue weighted by molar-refractivity contribution is 0.647. The normalized spacial score (nSPS) is 9.94. The van der Waals surface area contributed by atoms with Crippen molar-refractivity contribution in [1.29, 1.82) is 5.41 Å². The number of anilines is 2. The van der Waals surface area contributed by atoms with E-state index in [1.807, 2.05) is 6.07 Å². The van der Waals surface area contributed by atoms with Gasteiger partial charge in [0.25, 0.3) is 0 Å². The Morgan fingerprint density at radius 1 is 1.31 bits per heavy atom. The number of halogens is 1. The summed E-state index contributed by atoms with van der Waals surface area (Å²) < 4.78 is 0. The van der Waals surface area contributed by atoms with Crippen molar-refractivity contribution in [2.24, 2.45) is 11.7 Å². The third kappa shape index (κ3) is 3.03. The molecule has 1 aromatic carbocycles. The second kappa shape index (κ2) is 5.61. The number of nitrogens with one attached hydrogen (secondary N) is 1. The SMILES string of the molecule is CC(C)Cc1ccc(N)c(N)c1C(=N)N.Cl. The molecule has 0 amide bonds. The lowest BCUT2D eigenvalue weighted by Gasteiger charge is -2.14. The molecule has 0 aromatic heterocycles. The van der Waals surface area contributed by atoms with Gasteiger partial charge in [0.15, 0.2) is 0 Å². The van der Waals surface area contributed by atoms with Gasteiger partial charge in [-0.25, -0.2) is 0 Å². The van der Waals surface area contributed by atoms with Crippen molar-refractivity contribution >= 4 is 29.6 Å². The highest BCUT2D eigenvalue weighted by Crippen LogP contribution is 2.25. The van der Waals surface area contributed by atoms with Gasteiger partial charge in [-0.2, -0.15) is 0 Å². The minimum Gasteiger partial charge on any atom is -0.397 e. The zero-order valence-corrected chi connectivity index (χ0v) is 10.4. The first kappa shape index (κ1) is 14.6. The van der Waals surface area contributed by atoms with E-state index in [9.17, 15) is 0 Å². The fraction of sp³-hybridized carbons (Fsp3) is 0.364. The van der Waals surface area contributed by atoms with Gasteiger partial charge in [-0.1, -0.05) is 19.9 Å². The molecule has 0 heterocycles. The third-order valence-corrected chi connectivity index (χ3v) is 2.26. The van der Waals surface area contributed by atoms with Gasteiger partial charge >= 0.3 is 0 Å². The average molecular weight is 243 g/mol. The van der Waals surface area contributed by atoms with E-state index < -0.39 is 0 Å². The molecule has 5 heteroatoms. The van der Waals surface area contributed by atoms with Crippen LogP contribution in [0.1, 0.15) is 25.0 Å². The Hall–Kier alpha value is -1.42. The zero-order valence-electron chi connectivity index (χ0n) is 9.58. The summed E-state index contributed by atoms with van der Waals surface area (Å²) in [6.07, 6.45) is 0.847. The van der Waals surface area contributed by atoms with Gasteiger partial charge in [0.05, 0.1) is 11.4 Å². The van der Waals surface area contributed by atoms with Crippen LogP contribution in [0.4, 0.5) is 11.4 Å². The molecule has 0 saturated heterocycles. The molecule has 0 atom stereocenters. The zero-order chi connectivity index (χ0) is 11.6. The minimum atomic E-state index is -0.0181. The number of nitrogen functional groups attached to an aromatic ring is 3. The average Bonchev–Trinajstić information content (AvgIpc) is 2.10. The molecule has 90 valence electrons. The van der Waals surface area contributed by atoms with Crippen molar-refractivity contribution in [3.8, 4) is 0 Å². The second-order valence-electron chi connectivity index (χ2n) is 4.11. The molecule has 1 aromatic rings. The molecule has 4 nitrogen and oxygen atoms in total. The molecule has 0 fully saturated rings. The summed E-state index contributed by atoms with van der Waals surface area (Å²) in [4.78, 5) is 0. The van der Waals surface area contributed by atoms with Crippen molar-refractivity contribution in [2.75, 3.05) is 11.5 Å². The molecular formula is C11H19ClN4. The number of rotatable bonds is 3. The first-order valence-electron chi connectivity index (χ1n) is 4.94. The van der Waals surface area contributed by atoms with Crippen LogP contribution < -0.4 is 17.2 Å². The van der Waals surface area contributed by atoms with Crippen LogP contribution in [0.3, 0.4) is 0 Å². The molecular weight excluding hydrogens is 224 g/mol. The highest BCUT2D eigenvalue weighted by atomic mass is 35.5. The van der Waals surface area contributed by atoms with E-state index in [1.54, 1.807) is 6.07 Å². The molecule has 0 saturated carbocycles. The van der Waals surface area contributed by atoms with E-state index >= 15 is 0 Å². The Bertz CT molecular complexity index is 388. The fourth-order valence-electron chi connectivity index (χ4n) is 1.61. The van der Waals surface area contributed by atoms with Crippen molar-refractivity contribution < 1.29 is 0 Å². The van der Waals surface area contributed by atoms with Crippen molar-refractivity contribution in [1.82, 2.24) is 0 Å². The maximum absolute atomic E-state index is 7.50. The van der Waals surface area contributed by atoms with Gasteiger partial charge in [-0.05, 0) is 24.0 Å². The molecule has 0 aliphatic rings. The Kier molecular flexibility index (Phi) is 5.11. The van der Waals surface area contributed by atoms with Crippen LogP contribution in [0.5, 0.6) is 0 Å². The number of benzene rings is 1. The van der Waals surface area contributed by atoms with E-state index in [0.717, 1.165) is 12.0 Å². The van der Waals surface area contributed by atoms with Crippen LogP contribution >= 0.6 is 12.4 Å². The third-order valence-electron chi connectivity index (χ3n) is 2.26. The van der Waals surface area contributed by atoms with E-state index in [1.165, 1.54) is 0 Å². The molecule has 7 N–H and O–H groups in total. The van der Waals surface area contributed by atoms with Crippen LogP contribution in [0.25, 0.3) is 0 Å². The van der Waals surface area contributed by atoms with E-state index in [4.69, 9.17) is 22.6 Å². The van der Waals surface area contributed by atoms with Gasteiger partial charge in [0.2, 0.25) is 0 Å². The quantitative estimate of drug-likeness (QED) is 0.369. The van der Waals surface area contributed by atoms with Gasteiger partial charge < -0.3 is 17.2 Å². The smallest absolute Gasteiger partial charge is 0.125 e. The predicted octanol–water partition coefficient (Wildman–Crippen LogP) is 1.76. The molecule has 0 bridgehead atoms. The first-order valence-corrected chi connectivity index (χ1v) is 4.94. The Balaban J connectivity index is 0.00000225. The molecule has 0 aliphatic heterocycles. The summed E-state index contributed by atoms with van der Waals surface area (Å²) in [5.74, 6) is 0.474. The predicted molar refractivity (Wildman–Crippen MR) is 72.1 cm³/mol. The Morgan fingerprint density at radius 3 is 2.31 bits per heavy atom. The van der Waals surface area contributed by atoms with Crippen LogP contribution in [0.15, 0.2) is 12.1 Å². The van der Waals surface area contributed by atoms with Crippen LogP contribution in [0.2, 0.25) is 0 Å². The molecule has 0 aliphatic carbocycles. The number of hydrogen-bond donors (Lipinski definition) is 4. The lowest BCUT2D eigenvalue weighted by atomic mass is 9.95. The second-order valence-corrected chi connectivity index (χ2v) is 4.11. The number of hydrogen-bond acceptors (Lipinski definition) is 3. The lowest BCUT2D eigenvalue weighted by Crippen LogP contribution is -2.18. The standard InChI is InChI=1S/C11H18N4.ClH/c1-6(2)5-7-3-4-8(12)10(13)9(7)11(14)15;/h3-4,6H,5,12-13H2,1-2H3,(H3,14,15);1H. The van der Waals surface area contributed by atoms with Gasteiger partial charge in [-0.3, -0.25) is 5.41 Å². The Labute approximate surface area is 102 Å². The molecule has 0 unspecified atom stereocenters. The highest BCUT2D eigenvalue weighted by Gasteiger charge is 2.12. The summed E-state index contributed by atoms with van der Waals surface area (Å²) in [6.45, 7) is 4.22. The van der Waals surface area contributed by atoms with Crippen LogP contribution in [-0.2, 0) is 6.42 Å². The number of amidine groups is 1. The number of nitrogens with two attached hydrogens (primary N) is 3. The van der Waals surface area contributed by atoms with Gasteiger partial charge in [-0.15, -0.1) is 12.4 Å². The maximum Gasteiger partial charge on any atom is 0.125 e. The van der Waals surface area contributed by atoms with Gasteiger partial charge in [0.1, 0.15) is 5.84 Å². The summed E-state index contributed by atoms with van der Waals surface area (Å²) in [5.41, 5.74) is 19.5. The van der Waals surface area contributed by atoms with Crippen LogP contribution in [-0.4, -0.2) is 5.84 Å². The molecule has 16 heavy (non-hydrogen) atoms. The van der Waals surface area contributed by atoms with Crippen LogP contribution in [0, 0.1) is 11.3 Å². The monoisotopic (exact) mass is 242 g/mol. The topological polar surface area (TPSA) is 102 Å². The highest BCUT2D eigenvalue weighted by molar-refractivity contribution is 6.03. The molecule has 1 rings (SSSR count).